The highest BCUT2D eigenvalue weighted by Crippen LogP contribution is 2.22. The molecule has 0 aromatic carbocycles. The van der Waals surface area contributed by atoms with Gasteiger partial charge in [-0.1, -0.05) is 0 Å². The van der Waals surface area contributed by atoms with Crippen molar-refractivity contribution in [2.45, 2.75) is 12.8 Å². The Hall–Kier alpha value is -2.43. The van der Waals surface area contributed by atoms with E-state index in [-0.39, 0.29) is 5.91 Å². The Morgan fingerprint density at radius 3 is 2.70 bits per heavy atom. The van der Waals surface area contributed by atoms with Crippen molar-refractivity contribution < 1.29 is 4.79 Å². The van der Waals surface area contributed by atoms with E-state index in [9.17, 15) is 4.79 Å². The van der Waals surface area contributed by atoms with Gasteiger partial charge in [-0.05, 0) is 37.1 Å². The van der Waals surface area contributed by atoms with Gasteiger partial charge in [0, 0.05) is 25.5 Å². The molecule has 5 heteroatoms. The van der Waals surface area contributed by atoms with Gasteiger partial charge in [0.2, 0.25) is 0 Å². The van der Waals surface area contributed by atoms with Gasteiger partial charge in [-0.25, -0.2) is 4.98 Å². The molecule has 5 nitrogen and oxygen atoms in total. The Morgan fingerprint density at radius 1 is 1.15 bits per heavy atom. The van der Waals surface area contributed by atoms with Crippen LogP contribution in [-0.2, 0) is 0 Å². The smallest absolute Gasteiger partial charge is 0.259 e. The van der Waals surface area contributed by atoms with E-state index in [1.807, 2.05) is 12.1 Å². The van der Waals surface area contributed by atoms with E-state index in [0.717, 1.165) is 31.7 Å². The maximum atomic E-state index is 12.4. The van der Waals surface area contributed by atoms with Gasteiger partial charge in [0.1, 0.15) is 5.82 Å². The van der Waals surface area contributed by atoms with E-state index in [4.69, 9.17) is 0 Å². The van der Waals surface area contributed by atoms with Crippen molar-refractivity contribution in [3.63, 3.8) is 0 Å². The summed E-state index contributed by atoms with van der Waals surface area (Å²) < 4.78 is 0. The molecule has 0 unspecified atom stereocenters. The first kappa shape index (κ1) is 12.6. The third-order valence-corrected chi connectivity index (χ3v) is 3.36. The minimum absolute atomic E-state index is 0.145. The summed E-state index contributed by atoms with van der Waals surface area (Å²) in [5, 5.41) is 2.85. The molecule has 0 bridgehead atoms. The molecule has 0 radical (unpaired) electrons. The summed E-state index contributed by atoms with van der Waals surface area (Å²) in [5.41, 5.74) is 1.30. The molecule has 0 spiro atoms. The summed E-state index contributed by atoms with van der Waals surface area (Å²) in [4.78, 5) is 22.9. The molecule has 20 heavy (non-hydrogen) atoms. The van der Waals surface area contributed by atoms with Crippen LogP contribution in [0.15, 0.2) is 42.9 Å². The molecule has 0 aliphatic carbocycles. The Balaban J connectivity index is 1.84. The second-order valence-corrected chi connectivity index (χ2v) is 4.76. The molecule has 1 N–H and O–H groups in total. The number of nitrogens with zero attached hydrogens (tertiary/aromatic N) is 3. The lowest BCUT2D eigenvalue weighted by Gasteiger charge is -2.19. The number of anilines is 2. The van der Waals surface area contributed by atoms with Crippen LogP contribution >= 0.6 is 0 Å². The number of hydrogen-bond donors (Lipinski definition) is 1. The second-order valence-electron chi connectivity index (χ2n) is 4.76. The molecular weight excluding hydrogens is 252 g/mol. The molecule has 1 fully saturated rings. The normalized spacial score (nSPS) is 14.3. The van der Waals surface area contributed by atoms with Gasteiger partial charge in [0.05, 0.1) is 17.4 Å². The molecular formula is C15H16N4O. The SMILES string of the molecule is O=C(Nc1cccnc1)c1cccnc1N1CCCC1. The maximum absolute atomic E-state index is 12.4. The topological polar surface area (TPSA) is 58.1 Å². The zero-order valence-electron chi connectivity index (χ0n) is 11.1. The number of rotatable bonds is 3. The number of hydrogen-bond acceptors (Lipinski definition) is 4. The van der Waals surface area contributed by atoms with Gasteiger partial charge in [-0.2, -0.15) is 0 Å². The lowest BCUT2D eigenvalue weighted by molar-refractivity contribution is 0.102. The monoisotopic (exact) mass is 268 g/mol. The van der Waals surface area contributed by atoms with Gasteiger partial charge >= 0.3 is 0 Å². The number of pyridine rings is 2. The lowest BCUT2D eigenvalue weighted by atomic mass is 10.2. The van der Waals surface area contributed by atoms with Crippen molar-refractivity contribution in [2.75, 3.05) is 23.3 Å². The van der Waals surface area contributed by atoms with Crippen molar-refractivity contribution in [3.8, 4) is 0 Å². The Kier molecular flexibility index (Phi) is 3.58. The molecule has 1 aliphatic rings. The van der Waals surface area contributed by atoms with E-state index >= 15 is 0 Å². The predicted octanol–water partition coefficient (Wildman–Crippen LogP) is 2.33. The van der Waals surface area contributed by atoms with Crippen molar-refractivity contribution in [2.24, 2.45) is 0 Å². The second kappa shape index (κ2) is 5.69. The number of carbonyl (C=O) groups is 1. The van der Waals surface area contributed by atoms with E-state index in [1.54, 1.807) is 30.7 Å². The summed E-state index contributed by atoms with van der Waals surface area (Å²) in [6.45, 7) is 1.92. The van der Waals surface area contributed by atoms with Gasteiger partial charge in [0.15, 0.2) is 0 Å². The van der Waals surface area contributed by atoms with Crippen LogP contribution in [0.1, 0.15) is 23.2 Å². The maximum Gasteiger partial charge on any atom is 0.259 e. The highest BCUT2D eigenvalue weighted by atomic mass is 16.1. The fourth-order valence-corrected chi connectivity index (χ4v) is 2.39. The predicted molar refractivity (Wildman–Crippen MR) is 77.9 cm³/mol. The van der Waals surface area contributed by atoms with Crippen LogP contribution < -0.4 is 10.2 Å². The molecule has 1 aliphatic heterocycles. The van der Waals surface area contributed by atoms with Crippen LogP contribution in [0, 0.1) is 0 Å². The van der Waals surface area contributed by atoms with Gasteiger partial charge in [-0.3, -0.25) is 9.78 Å². The number of carbonyl (C=O) groups excluding carboxylic acids is 1. The van der Waals surface area contributed by atoms with E-state index in [2.05, 4.69) is 20.2 Å². The molecule has 0 atom stereocenters. The lowest BCUT2D eigenvalue weighted by Crippen LogP contribution is -2.24. The first-order valence-electron chi connectivity index (χ1n) is 6.76. The Morgan fingerprint density at radius 2 is 1.95 bits per heavy atom. The summed E-state index contributed by atoms with van der Waals surface area (Å²) in [7, 11) is 0. The quantitative estimate of drug-likeness (QED) is 0.928. The molecule has 2 aromatic heterocycles. The average molecular weight is 268 g/mol. The van der Waals surface area contributed by atoms with Gasteiger partial charge in [-0.15, -0.1) is 0 Å². The standard InChI is InChI=1S/C15H16N4O/c20-15(18-12-5-3-7-16-11-12)13-6-4-8-17-14(13)19-9-1-2-10-19/h3-8,11H,1-2,9-10H2,(H,18,20). The number of aromatic nitrogens is 2. The van der Waals surface area contributed by atoms with Gasteiger partial charge < -0.3 is 10.2 Å². The van der Waals surface area contributed by atoms with E-state index in [0.29, 0.717) is 11.3 Å². The summed E-state index contributed by atoms with van der Waals surface area (Å²) in [5.74, 6) is 0.624. The van der Waals surface area contributed by atoms with Crippen LogP contribution in [0.25, 0.3) is 0 Å². The molecule has 2 aromatic rings. The summed E-state index contributed by atoms with van der Waals surface area (Å²) in [6.07, 6.45) is 7.34. The minimum atomic E-state index is -0.145. The third-order valence-electron chi connectivity index (χ3n) is 3.36. The van der Waals surface area contributed by atoms with Crippen LogP contribution in [0.4, 0.5) is 11.5 Å². The average Bonchev–Trinajstić information content (AvgIpc) is 3.02. The highest BCUT2D eigenvalue weighted by molar-refractivity contribution is 6.07. The van der Waals surface area contributed by atoms with Crippen molar-refractivity contribution in [1.29, 1.82) is 0 Å². The molecule has 3 rings (SSSR count). The van der Waals surface area contributed by atoms with Gasteiger partial charge in [0.25, 0.3) is 5.91 Å². The van der Waals surface area contributed by atoms with Crippen LogP contribution in [0.2, 0.25) is 0 Å². The van der Waals surface area contributed by atoms with Crippen LogP contribution in [0.3, 0.4) is 0 Å². The summed E-state index contributed by atoms with van der Waals surface area (Å²) >= 11 is 0. The van der Waals surface area contributed by atoms with Crippen LogP contribution in [0.5, 0.6) is 0 Å². The fourth-order valence-electron chi connectivity index (χ4n) is 2.39. The molecule has 1 amide bonds. The Bertz CT molecular complexity index is 594. The minimum Gasteiger partial charge on any atom is -0.356 e. The number of amides is 1. The van der Waals surface area contributed by atoms with Crippen molar-refractivity contribution >= 4 is 17.4 Å². The molecule has 1 saturated heterocycles. The first-order chi connectivity index (χ1) is 9.84. The fraction of sp³-hybridized carbons (Fsp3) is 0.267. The third kappa shape index (κ3) is 2.61. The summed E-state index contributed by atoms with van der Waals surface area (Å²) in [6, 6.07) is 7.21. The van der Waals surface area contributed by atoms with Crippen LogP contribution in [-0.4, -0.2) is 29.0 Å². The Labute approximate surface area is 117 Å². The highest BCUT2D eigenvalue weighted by Gasteiger charge is 2.20. The zero-order valence-corrected chi connectivity index (χ0v) is 11.1. The number of nitrogens with one attached hydrogen (secondary N) is 1. The zero-order chi connectivity index (χ0) is 13.8. The molecule has 102 valence electrons. The van der Waals surface area contributed by atoms with E-state index in [1.165, 1.54) is 0 Å². The van der Waals surface area contributed by atoms with Crippen molar-refractivity contribution in [3.05, 3.63) is 48.4 Å². The molecule has 0 saturated carbocycles. The first-order valence-corrected chi connectivity index (χ1v) is 6.76. The van der Waals surface area contributed by atoms with Crippen molar-refractivity contribution in [1.82, 2.24) is 9.97 Å². The van der Waals surface area contributed by atoms with E-state index < -0.39 is 0 Å². The largest absolute Gasteiger partial charge is 0.356 e. The molecule has 3 heterocycles.